The van der Waals surface area contributed by atoms with Crippen molar-refractivity contribution in [1.29, 1.82) is 0 Å². The van der Waals surface area contributed by atoms with Gasteiger partial charge in [-0.25, -0.2) is 4.98 Å². The Balaban J connectivity index is 1.60. The molecule has 1 heterocycles. The number of aromatic nitrogens is 2. The second kappa shape index (κ2) is 10.6. The van der Waals surface area contributed by atoms with Crippen molar-refractivity contribution in [3.05, 3.63) is 60.4 Å². The molecule has 0 saturated carbocycles. The topological polar surface area (TPSA) is 56.2 Å². The summed E-state index contributed by atoms with van der Waals surface area (Å²) in [5.41, 5.74) is 2.09. The van der Waals surface area contributed by atoms with Crippen molar-refractivity contribution in [2.24, 2.45) is 5.92 Å². The molecular weight excluding hydrogens is 362 g/mol. The smallest absolute Gasteiger partial charge is 0.223 e. The van der Waals surface area contributed by atoms with Gasteiger partial charge in [0.15, 0.2) is 0 Å². The molecule has 0 saturated heterocycles. The standard InChI is InChI=1S/C24H31N3O2/c1-3-19(4-2)24(28)25-18-23-26-21-14-8-9-15-22(21)27(23)16-10-11-17-29-20-12-6-5-7-13-20/h5-9,12-15,19H,3-4,10-11,16-18H2,1-2H3,(H,25,28). The van der Waals surface area contributed by atoms with Crippen LogP contribution in [0.15, 0.2) is 54.6 Å². The Kier molecular flexibility index (Phi) is 7.68. The van der Waals surface area contributed by atoms with Crippen molar-refractivity contribution in [3.63, 3.8) is 0 Å². The van der Waals surface area contributed by atoms with E-state index in [1.54, 1.807) is 0 Å². The molecule has 0 atom stereocenters. The molecule has 29 heavy (non-hydrogen) atoms. The summed E-state index contributed by atoms with van der Waals surface area (Å²) in [6.45, 7) is 6.12. The number of amides is 1. The van der Waals surface area contributed by atoms with Crippen LogP contribution in [-0.2, 0) is 17.9 Å². The number of carbonyl (C=O) groups excluding carboxylic acids is 1. The van der Waals surface area contributed by atoms with E-state index in [-0.39, 0.29) is 11.8 Å². The molecule has 0 spiro atoms. The van der Waals surface area contributed by atoms with Crippen molar-refractivity contribution in [1.82, 2.24) is 14.9 Å². The van der Waals surface area contributed by atoms with E-state index in [1.165, 1.54) is 0 Å². The highest BCUT2D eigenvalue weighted by Gasteiger charge is 2.16. The highest BCUT2D eigenvalue weighted by Crippen LogP contribution is 2.18. The highest BCUT2D eigenvalue weighted by molar-refractivity contribution is 5.79. The number of unbranched alkanes of at least 4 members (excludes halogenated alkanes) is 1. The molecule has 1 aromatic heterocycles. The fraction of sp³-hybridized carbons (Fsp3) is 0.417. The van der Waals surface area contributed by atoms with Gasteiger partial charge in [-0.2, -0.15) is 0 Å². The summed E-state index contributed by atoms with van der Waals surface area (Å²) in [6, 6.07) is 18.1. The fourth-order valence-corrected chi connectivity index (χ4v) is 3.56. The lowest BCUT2D eigenvalue weighted by atomic mass is 10.0. The normalized spacial score (nSPS) is 11.1. The Morgan fingerprint density at radius 1 is 1.03 bits per heavy atom. The van der Waals surface area contributed by atoms with Gasteiger partial charge >= 0.3 is 0 Å². The lowest BCUT2D eigenvalue weighted by Gasteiger charge is -2.14. The minimum Gasteiger partial charge on any atom is -0.494 e. The van der Waals surface area contributed by atoms with Crippen LogP contribution in [0.2, 0.25) is 0 Å². The van der Waals surface area contributed by atoms with E-state index in [2.05, 4.69) is 29.8 Å². The maximum absolute atomic E-state index is 12.4. The number of nitrogens with one attached hydrogen (secondary N) is 1. The third kappa shape index (κ3) is 5.59. The van der Waals surface area contributed by atoms with Gasteiger partial charge in [-0.05, 0) is 49.9 Å². The highest BCUT2D eigenvalue weighted by atomic mass is 16.5. The molecule has 3 rings (SSSR count). The Bertz CT molecular complexity index is 901. The summed E-state index contributed by atoms with van der Waals surface area (Å²) in [5, 5.41) is 3.08. The van der Waals surface area contributed by atoms with Crippen molar-refractivity contribution in [3.8, 4) is 5.75 Å². The number of carbonyl (C=O) groups is 1. The Labute approximate surface area is 173 Å². The zero-order chi connectivity index (χ0) is 20.5. The van der Waals surface area contributed by atoms with Crippen LogP contribution in [0.3, 0.4) is 0 Å². The van der Waals surface area contributed by atoms with Crippen molar-refractivity contribution >= 4 is 16.9 Å². The molecule has 0 bridgehead atoms. The van der Waals surface area contributed by atoms with E-state index in [1.807, 2.05) is 48.5 Å². The Morgan fingerprint density at radius 3 is 2.52 bits per heavy atom. The third-order valence-corrected chi connectivity index (χ3v) is 5.30. The first-order valence-corrected chi connectivity index (χ1v) is 10.6. The quantitative estimate of drug-likeness (QED) is 0.469. The second-order valence-electron chi connectivity index (χ2n) is 7.27. The van der Waals surface area contributed by atoms with Gasteiger partial charge in [-0.3, -0.25) is 4.79 Å². The maximum atomic E-state index is 12.4. The van der Waals surface area contributed by atoms with Crippen molar-refractivity contribution < 1.29 is 9.53 Å². The van der Waals surface area contributed by atoms with Gasteiger partial charge < -0.3 is 14.6 Å². The van der Waals surface area contributed by atoms with Crippen LogP contribution in [0, 0.1) is 5.92 Å². The largest absolute Gasteiger partial charge is 0.494 e. The molecular formula is C24H31N3O2. The number of rotatable bonds is 11. The number of ether oxygens (including phenoxy) is 1. The summed E-state index contributed by atoms with van der Waals surface area (Å²) in [7, 11) is 0. The van der Waals surface area contributed by atoms with E-state index in [0.717, 1.165) is 54.8 Å². The first-order valence-electron chi connectivity index (χ1n) is 10.6. The van der Waals surface area contributed by atoms with Gasteiger partial charge in [-0.1, -0.05) is 44.2 Å². The van der Waals surface area contributed by atoms with Gasteiger partial charge in [0.1, 0.15) is 11.6 Å². The summed E-state index contributed by atoms with van der Waals surface area (Å²) in [4.78, 5) is 17.1. The molecule has 5 nitrogen and oxygen atoms in total. The first kappa shape index (κ1) is 20.9. The van der Waals surface area contributed by atoms with Gasteiger partial charge in [0.25, 0.3) is 0 Å². The van der Waals surface area contributed by atoms with Crippen LogP contribution >= 0.6 is 0 Å². The number of hydrogen-bond acceptors (Lipinski definition) is 3. The number of imidazole rings is 1. The average molecular weight is 394 g/mol. The number of hydrogen-bond donors (Lipinski definition) is 1. The molecule has 0 aliphatic rings. The summed E-state index contributed by atoms with van der Waals surface area (Å²) < 4.78 is 8.02. The predicted molar refractivity (Wildman–Crippen MR) is 117 cm³/mol. The van der Waals surface area contributed by atoms with E-state index in [4.69, 9.17) is 9.72 Å². The molecule has 0 aliphatic carbocycles. The second-order valence-corrected chi connectivity index (χ2v) is 7.27. The van der Waals surface area contributed by atoms with Crippen molar-refractivity contribution in [2.75, 3.05) is 6.61 Å². The zero-order valence-electron chi connectivity index (χ0n) is 17.4. The molecule has 0 radical (unpaired) electrons. The van der Waals surface area contributed by atoms with Crippen LogP contribution in [0.25, 0.3) is 11.0 Å². The van der Waals surface area contributed by atoms with Gasteiger partial charge in [0.2, 0.25) is 5.91 Å². The number of aryl methyl sites for hydroxylation is 1. The molecule has 5 heteroatoms. The van der Waals surface area contributed by atoms with Gasteiger partial charge in [0.05, 0.1) is 24.2 Å². The zero-order valence-corrected chi connectivity index (χ0v) is 17.4. The van der Waals surface area contributed by atoms with Crippen LogP contribution in [0.5, 0.6) is 5.75 Å². The Morgan fingerprint density at radius 2 is 1.76 bits per heavy atom. The lowest BCUT2D eigenvalue weighted by molar-refractivity contribution is -0.125. The van der Waals surface area contributed by atoms with Crippen LogP contribution in [0.1, 0.15) is 45.4 Å². The SMILES string of the molecule is CCC(CC)C(=O)NCc1nc2ccccc2n1CCCCOc1ccccc1. The monoisotopic (exact) mass is 393 g/mol. The van der Waals surface area contributed by atoms with E-state index >= 15 is 0 Å². The van der Waals surface area contributed by atoms with E-state index < -0.39 is 0 Å². The lowest BCUT2D eigenvalue weighted by Crippen LogP contribution is -2.30. The summed E-state index contributed by atoms with van der Waals surface area (Å²) in [5.74, 6) is 2.01. The minimum atomic E-state index is 0.0722. The van der Waals surface area contributed by atoms with Crippen LogP contribution < -0.4 is 10.1 Å². The molecule has 154 valence electrons. The summed E-state index contributed by atoms with van der Waals surface area (Å²) in [6.07, 6.45) is 3.67. The summed E-state index contributed by atoms with van der Waals surface area (Å²) >= 11 is 0. The number of benzene rings is 2. The predicted octanol–water partition coefficient (Wildman–Crippen LogP) is 4.95. The van der Waals surface area contributed by atoms with Crippen molar-refractivity contribution in [2.45, 2.75) is 52.6 Å². The van der Waals surface area contributed by atoms with Crippen LogP contribution in [-0.4, -0.2) is 22.1 Å². The molecule has 0 fully saturated rings. The molecule has 0 unspecified atom stereocenters. The fourth-order valence-electron chi connectivity index (χ4n) is 3.56. The molecule has 1 amide bonds. The van der Waals surface area contributed by atoms with Gasteiger partial charge in [-0.15, -0.1) is 0 Å². The number of para-hydroxylation sites is 3. The van der Waals surface area contributed by atoms with E-state index in [9.17, 15) is 4.79 Å². The number of nitrogens with zero attached hydrogens (tertiary/aromatic N) is 2. The first-order chi connectivity index (χ1) is 14.2. The molecule has 2 aromatic carbocycles. The third-order valence-electron chi connectivity index (χ3n) is 5.30. The average Bonchev–Trinajstić information content (AvgIpc) is 3.11. The Hall–Kier alpha value is -2.82. The minimum absolute atomic E-state index is 0.0722. The van der Waals surface area contributed by atoms with Crippen LogP contribution in [0.4, 0.5) is 0 Å². The number of fused-ring (bicyclic) bond motifs is 1. The molecule has 0 aliphatic heterocycles. The van der Waals surface area contributed by atoms with E-state index in [0.29, 0.717) is 13.2 Å². The molecule has 3 aromatic rings. The maximum Gasteiger partial charge on any atom is 0.223 e. The molecule has 1 N–H and O–H groups in total. The van der Waals surface area contributed by atoms with Gasteiger partial charge in [0, 0.05) is 12.5 Å².